The fourth-order valence-corrected chi connectivity index (χ4v) is 1.55. The van der Waals surface area contributed by atoms with Crippen LogP contribution in [0.3, 0.4) is 0 Å². The summed E-state index contributed by atoms with van der Waals surface area (Å²) in [6.45, 7) is 2.20. The first-order valence-electron chi connectivity index (χ1n) is 5.63. The maximum atomic E-state index is 11.8. The predicted octanol–water partition coefficient (Wildman–Crippen LogP) is 2.00. The molecular formula is C13H20N2O2. The molecule has 4 heteroatoms. The SMILES string of the molecule is CCOC(=O)c1ccc(N(C)C)cc1N(C)C. The van der Waals surface area contributed by atoms with Crippen LogP contribution in [0.1, 0.15) is 17.3 Å². The third-order valence-corrected chi connectivity index (χ3v) is 2.47. The molecule has 0 saturated heterocycles. The summed E-state index contributed by atoms with van der Waals surface area (Å²) in [6, 6.07) is 5.70. The Hall–Kier alpha value is -1.71. The van der Waals surface area contributed by atoms with E-state index in [1.807, 2.05) is 56.2 Å². The second-order valence-corrected chi connectivity index (χ2v) is 4.21. The van der Waals surface area contributed by atoms with Crippen LogP contribution in [0.15, 0.2) is 18.2 Å². The number of anilines is 2. The third kappa shape index (κ3) is 3.12. The van der Waals surface area contributed by atoms with E-state index in [-0.39, 0.29) is 5.97 Å². The zero-order valence-electron chi connectivity index (χ0n) is 11.2. The third-order valence-electron chi connectivity index (χ3n) is 2.47. The number of esters is 1. The van der Waals surface area contributed by atoms with Gasteiger partial charge in [-0.1, -0.05) is 0 Å². The summed E-state index contributed by atoms with van der Waals surface area (Å²) in [6.07, 6.45) is 0. The van der Waals surface area contributed by atoms with Crippen molar-refractivity contribution in [2.45, 2.75) is 6.92 Å². The quantitative estimate of drug-likeness (QED) is 0.749. The van der Waals surface area contributed by atoms with E-state index in [0.29, 0.717) is 12.2 Å². The van der Waals surface area contributed by atoms with Gasteiger partial charge in [-0.25, -0.2) is 4.79 Å². The molecule has 0 aliphatic rings. The smallest absolute Gasteiger partial charge is 0.340 e. The first-order chi connectivity index (χ1) is 7.97. The maximum absolute atomic E-state index is 11.8. The van der Waals surface area contributed by atoms with Gasteiger partial charge in [0.25, 0.3) is 0 Å². The van der Waals surface area contributed by atoms with E-state index in [4.69, 9.17) is 4.74 Å². The molecule has 94 valence electrons. The summed E-state index contributed by atoms with van der Waals surface area (Å²) in [5.41, 5.74) is 2.53. The molecule has 1 aromatic rings. The molecular weight excluding hydrogens is 216 g/mol. The largest absolute Gasteiger partial charge is 0.462 e. The number of nitrogens with zero attached hydrogens (tertiary/aromatic N) is 2. The van der Waals surface area contributed by atoms with Gasteiger partial charge in [-0.15, -0.1) is 0 Å². The van der Waals surface area contributed by atoms with Crippen molar-refractivity contribution < 1.29 is 9.53 Å². The topological polar surface area (TPSA) is 32.8 Å². The lowest BCUT2D eigenvalue weighted by Crippen LogP contribution is -2.17. The minimum Gasteiger partial charge on any atom is -0.462 e. The van der Waals surface area contributed by atoms with Crippen molar-refractivity contribution in [2.75, 3.05) is 44.6 Å². The molecule has 17 heavy (non-hydrogen) atoms. The summed E-state index contributed by atoms with van der Waals surface area (Å²) in [5, 5.41) is 0. The van der Waals surface area contributed by atoms with Crippen LogP contribution in [0.5, 0.6) is 0 Å². The average Bonchev–Trinajstić information content (AvgIpc) is 2.28. The highest BCUT2D eigenvalue weighted by atomic mass is 16.5. The Balaban J connectivity index is 3.17. The monoisotopic (exact) mass is 236 g/mol. The van der Waals surface area contributed by atoms with Crippen LogP contribution in [-0.4, -0.2) is 40.8 Å². The molecule has 0 atom stereocenters. The van der Waals surface area contributed by atoms with E-state index in [0.717, 1.165) is 11.4 Å². The second kappa shape index (κ2) is 5.57. The molecule has 0 amide bonds. The van der Waals surface area contributed by atoms with Gasteiger partial charge >= 0.3 is 5.97 Å². The van der Waals surface area contributed by atoms with Gasteiger partial charge in [0.05, 0.1) is 17.9 Å². The molecule has 0 radical (unpaired) electrons. The van der Waals surface area contributed by atoms with E-state index in [2.05, 4.69) is 0 Å². The van der Waals surface area contributed by atoms with Crippen molar-refractivity contribution in [1.29, 1.82) is 0 Å². The summed E-state index contributed by atoms with van der Waals surface area (Å²) < 4.78 is 5.04. The Morgan fingerprint density at radius 1 is 1.18 bits per heavy atom. The molecule has 0 fully saturated rings. The molecule has 1 aromatic carbocycles. The van der Waals surface area contributed by atoms with E-state index in [9.17, 15) is 4.79 Å². The van der Waals surface area contributed by atoms with Crippen molar-refractivity contribution in [1.82, 2.24) is 0 Å². The fourth-order valence-electron chi connectivity index (χ4n) is 1.55. The van der Waals surface area contributed by atoms with Crippen LogP contribution in [0.2, 0.25) is 0 Å². The highest BCUT2D eigenvalue weighted by Crippen LogP contribution is 2.25. The number of ether oxygens (including phenoxy) is 1. The van der Waals surface area contributed by atoms with E-state index in [1.54, 1.807) is 6.92 Å². The number of carbonyl (C=O) groups excluding carboxylic acids is 1. The summed E-state index contributed by atoms with van der Waals surface area (Å²) >= 11 is 0. The van der Waals surface area contributed by atoms with Crippen molar-refractivity contribution in [3.8, 4) is 0 Å². The van der Waals surface area contributed by atoms with E-state index >= 15 is 0 Å². The van der Waals surface area contributed by atoms with Gasteiger partial charge in [-0.2, -0.15) is 0 Å². The van der Waals surface area contributed by atoms with E-state index in [1.165, 1.54) is 0 Å². The van der Waals surface area contributed by atoms with Crippen LogP contribution in [0.4, 0.5) is 11.4 Å². The predicted molar refractivity (Wildman–Crippen MR) is 71.1 cm³/mol. The van der Waals surface area contributed by atoms with Gasteiger partial charge in [-0.05, 0) is 25.1 Å². The number of rotatable bonds is 4. The Bertz CT molecular complexity index is 400. The minimum atomic E-state index is -0.276. The number of benzene rings is 1. The van der Waals surface area contributed by atoms with Crippen LogP contribution < -0.4 is 9.80 Å². The molecule has 0 spiro atoms. The molecule has 0 N–H and O–H groups in total. The van der Waals surface area contributed by atoms with Crippen LogP contribution in [-0.2, 0) is 4.74 Å². The molecule has 0 saturated carbocycles. The van der Waals surface area contributed by atoms with Crippen molar-refractivity contribution in [3.05, 3.63) is 23.8 Å². The molecule has 0 unspecified atom stereocenters. The lowest BCUT2D eigenvalue weighted by Gasteiger charge is -2.20. The maximum Gasteiger partial charge on any atom is 0.340 e. The summed E-state index contributed by atoms with van der Waals surface area (Å²) in [5.74, 6) is -0.276. The number of hydrogen-bond donors (Lipinski definition) is 0. The van der Waals surface area contributed by atoms with Gasteiger partial charge in [0.2, 0.25) is 0 Å². The highest BCUT2D eigenvalue weighted by Gasteiger charge is 2.14. The standard InChI is InChI=1S/C13H20N2O2/c1-6-17-13(16)11-8-7-10(14(2)3)9-12(11)15(4)5/h7-9H,6H2,1-5H3. The van der Waals surface area contributed by atoms with Gasteiger partial charge in [0.15, 0.2) is 0 Å². The Morgan fingerprint density at radius 2 is 1.82 bits per heavy atom. The lowest BCUT2D eigenvalue weighted by atomic mass is 10.1. The Labute approximate surface area is 103 Å². The minimum absolute atomic E-state index is 0.276. The van der Waals surface area contributed by atoms with Crippen molar-refractivity contribution in [2.24, 2.45) is 0 Å². The van der Waals surface area contributed by atoms with Crippen LogP contribution in [0.25, 0.3) is 0 Å². The first-order valence-corrected chi connectivity index (χ1v) is 5.63. The van der Waals surface area contributed by atoms with Crippen LogP contribution in [0, 0.1) is 0 Å². The Morgan fingerprint density at radius 3 is 2.29 bits per heavy atom. The zero-order valence-corrected chi connectivity index (χ0v) is 11.2. The van der Waals surface area contributed by atoms with Gasteiger partial charge < -0.3 is 14.5 Å². The second-order valence-electron chi connectivity index (χ2n) is 4.21. The van der Waals surface area contributed by atoms with E-state index < -0.39 is 0 Å². The molecule has 0 heterocycles. The first kappa shape index (κ1) is 13.4. The highest BCUT2D eigenvalue weighted by molar-refractivity contribution is 5.96. The normalized spacial score (nSPS) is 9.94. The summed E-state index contributed by atoms with van der Waals surface area (Å²) in [7, 11) is 7.77. The average molecular weight is 236 g/mol. The fraction of sp³-hybridized carbons (Fsp3) is 0.462. The van der Waals surface area contributed by atoms with Gasteiger partial charge in [0, 0.05) is 33.9 Å². The Kier molecular flexibility index (Phi) is 4.37. The molecule has 1 rings (SSSR count). The number of carbonyl (C=O) groups is 1. The molecule has 0 aliphatic heterocycles. The lowest BCUT2D eigenvalue weighted by molar-refractivity contribution is 0.0527. The van der Waals surface area contributed by atoms with Gasteiger partial charge in [-0.3, -0.25) is 0 Å². The van der Waals surface area contributed by atoms with Gasteiger partial charge in [0.1, 0.15) is 0 Å². The molecule has 0 bridgehead atoms. The van der Waals surface area contributed by atoms with Crippen molar-refractivity contribution >= 4 is 17.3 Å². The molecule has 0 aliphatic carbocycles. The van der Waals surface area contributed by atoms with Crippen molar-refractivity contribution in [3.63, 3.8) is 0 Å². The summed E-state index contributed by atoms with van der Waals surface area (Å²) in [4.78, 5) is 15.7. The molecule has 0 aromatic heterocycles. The zero-order chi connectivity index (χ0) is 13.0. The molecule has 4 nitrogen and oxygen atoms in total. The number of hydrogen-bond acceptors (Lipinski definition) is 4. The van der Waals surface area contributed by atoms with Crippen LogP contribution >= 0.6 is 0 Å².